The number of fused-ring (bicyclic) bond motifs is 8. The first-order valence-corrected chi connectivity index (χ1v) is 12.5. The van der Waals surface area contributed by atoms with Gasteiger partial charge in [0.05, 0.1) is 29.9 Å². The number of methoxy groups -OCH3 is 1. The van der Waals surface area contributed by atoms with Crippen molar-refractivity contribution in [3.05, 3.63) is 114 Å². The topological polar surface area (TPSA) is 66.6 Å². The van der Waals surface area contributed by atoms with Crippen molar-refractivity contribution in [1.29, 1.82) is 0 Å². The van der Waals surface area contributed by atoms with Crippen LogP contribution in [0.4, 0.5) is 0 Å². The summed E-state index contributed by atoms with van der Waals surface area (Å²) in [7, 11) is 1.68. The monoisotopic (exact) mass is 492 g/mol. The largest absolute Gasteiger partial charge is 0.497 e. The van der Waals surface area contributed by atoms with Crippen LogP contribution in [0.25, 0.3) is 68.6 Å². The number of aromatic nitrogens is 4. The molecule has 7 rings (SSSR count). The third-order valence-corrected chi connectivity index (χ3v) is 6.84. The smallest absolute Gasteiger partial charge is 0.118 e. The standard InChI is InChI=1S/C33H24N4O/c1-38-27-13-7-22(8-14-27)33-30-17-11-25(36-30)19-23-9-15-28(34-23)32(21-5-3-2-4-6-21)29-16-10-24(35-29)20-26-12-18-31(33)37-26/h2-20,34,37H,1H3. The van der Waals surface area contributed by atoms with E-state index >= 15 is 0 Å². The second kappa shape index (κ2) is 9.05. The molecule has 5 aromatic rings. The van der Waals surface area contributed by atoms with Crippen LogP contribution in [0, 0.1) is 0 Å². The molecular formula is C33H24N4O. The van der Waals surface area contributed by atoms with Gasteiger partial charge in [0, 0.05) is 33.2 Å². The highest BCUT2D eigenvalue weighted by Crippen LogP contribution is 2.32. The van der Waals surface area contributed by atoms with E-state index in [2.05, 4.69) is 107 Å². The van der Waals surface area contributed by atoms with E-state index in [1.807, 2.05) is 18.2 Å². The van der Waals surface area contributed by atoms with Gasteiger partial charge in [-0.15, -0.1) is 0 Å². The van der Waals surface area contributed by atoms with Crippen LogP contribution in [0.15, 0.2) is 91.0 Å². The Morgan fingerprint density at radius 1 is 0.553 bits per heavy atom. The van der Waals surface area contributed by atoms with Gasteiger partial charge in [-0.1, -0.05) is 42.5 Å². The Labute approximate surface area is 219 Å². The zero-order chi connectivity index (χ0) is 25.5. The molecule has 182 valence electrons. The molecule has 0 aliphatic carbocycles. The molecule has 38 heavy (non-hydrogen) atoms. The average molecular weight is 493 g/mol. The molecule has 0 amide bonds. The number of rotatable bonds is 3. The molecule has 0 radical (unpaired) electrons. The van der Waals surface area contributed by atoms with Crippen LogP contribution in [0.1, 0.15) is 22.8 Å². The first-order chi connectivity index (χ1) is 18.7. The number of ether oxygens (including phenoxy) is 1. The fourth-order valence-electron chi connectivity index (χ4n) is 5.04. The summed E-state index contributed by atoms with van der Waals surface area (Å²) in [6.45, 7) is 0. The maximum atomic E-state index is 5.38. The maximum Gasteiger partial charge on any atom is 0.118 e. The molecule has 0 fully saturated rings. The quantitative estimate of drug-likeness (QED) is 0.263. The fraction of sp³-hybridized carbons (Fsp3) is 0.0303. The van der Waals surface area contributed by atoms with Gasteiger partial charge in [-0.3, -0.25) is 0 Å². The molecule has 8 bridgehead atoms. The summed E-state index contributed by atoms with van der Waals surface area (Å²) in [5, 5.41) is 0. The predicted molar refractivity (Wildman–Crippen MR) is 156 cm³/mol. The Balaban J connectivity index is 1.55. The molecule has 0 saturated heterocycles. The molecule has 0 saturated carbocycles. The molecule has 2 aliphatic rings. The molecule has 5 heteroatoms. The minimum absolute atomic E-state index is 0.819. The summed E-state index contributed by atoms with van der Waals surface area (Å²) in [6, 6.07) is 31.0. The van der Waals surface area contributed by atoms with E-state index in [0.29, 0.717) is 0 Å². The van der Waals surface area contributed by atoms with Crippen molar-refractivity contribution in [2.45, 2.75) is 0 Å². The molecule has 2 aromatic carbocycles. The molecular weight excluding hydrogens is 468 g/mol. The lowest BCUT2D eigenvalue weighted by Gasteiger charge is -2.05. The lowest BCUT2D eigenvalue weighted by molar-refractivity contribution is 0.415. The Bertz CT molecular complexity index is 1890. The number of hydrogen-bond acceptors (Lipinski definition) is 3. The third-order valence-electron chi connectivity index (χ3n) is 6.84. The minimum Gasteiger partial charge on any atom is -0.497 e. The van der Waals surface area contributed by atoms with Gasteiger partial charge >= 0.3 is 0 Å². The number of hydrogen-bond donors (Lipinski definition) is 2. The van der Waals surface area contributed by atoms with E-state index in [-0.39, 0.29) is 0 Å². The van der Waals surface area contributed by atoms with Crippen LogP contribution in [0.5, 0.6) is 5.75 Å². The van der Waals surface area contributed by atoms with Gasteiger partial charge in [0.15, 0.2) is 0 Å². The normalized spacial score (nSPS) is 12.1. The van der Waals surface area contributed by atoms with Gasteiger partial charge in [0.25, 0.3) is 0 Å². The fourth-order valence-corrected chi connectivity index (χ4v) is 5.04. The summed E-state index contributed by atoms with van der Waals surface area (Å²) in [4.78, 5) is 17.2. The van der Waals surface area contributed by atoms with Crippen molar-refractivity contribution in [3.8, 4) is 28.0 Å². The summed E-state index contributed by atoms with van der Waals surface area (Å²) in [5.41, 5.74) is 11.8. The Morgan fingerprint density at radius 3 is 1.61 bits per heavy atom. The van der Waals surface area contributed by atoms with Gasteiger partial charge < -0.3 is 14.7 Å². The molecule has 2 aliphatic heterocycles. The van der Waals surface area contributed by atoms with Crippen LogP contribution in [0.3, 0.4) is 0 Å². The first kappa shape index (κ1) is 22.1. The average Bonchev–Trinajstić information content (AvgIpc) is 3.76. The molecule has 0 unspecified atom stereocenters. The summed E-state index contributed by atoms with van der Waals surface area (Å²) < 4.78 is 5.38. The first-order valence-electron chi connectivity index (χ1n) is 12.5. The van der Waals surface area contributed by atoms with E-state index in [0.717, 1.165) is 72.8 Å². The van der Waals surface area contributed by atoms with Crippen molar-refractivity contribution in [2.75, 3.05) is 7.11 Å². The lowest BCUT2D eigenvalue weighted by atomic mass is 10.0. The van der Waals surface area contributed by atoms with E-state index in [1.54, 1.807) is 7.11 Å². The Hall–Kier alpha value is -5.16. The summed E-state index contributed by atoms with van der Waals surface area (Å²) >= 11 is 0. The number of nitrogens with one attached hydrogen (secondary N) is 2. The van der Waals surface area contributed by atoms with Crippen molar-refractivity contribution in [1.82, 2.24) is 19.9 Å². The summed E-state index contributed by atoms with van der Waals surface area (Å²) in [6.07, 6.45) is 8.27. The lowest BCUT2D eigenvalue weighted by Crippen LogP contribution is -1.87. The van der Waals surface area contributed by atoms with Crippen molar-refractivity contribution in [2.24, 2.45) is 0 Å². The number of H-pyrrole nitrogens is 2. The predicted octanol–water partition coefficient (Wildman–Crippen LogP) is 8.00. The van der Waals surface area contributed by atoms with E-state index in [4.69, 9.17) is 14.7 Å². The van der Waals surface area contributed by atoms with Crippen molar-refractivity contribution in [3.63, 3.8) is 0 Å². The molecule has 0 spiro atoms. The van der Waals surface area contributed by atoms with Crippen LogP contribution in [-0.2, 0) is 0 Å². The molecule has 5 heterocycles. The van der Waals surface area contributed by atoms with Crippen molar-refractivity contribution < 1.29 is 4.74 Å². The number of aromatic amines is 2. The number of benzene rings is 2. The van der Waals surface area contributed by atoms with Crippen LogP contribution < -0.4 is 4.74 Å². The highest BCUT2D eigenvalue weighted by atomic mass is 16.5. The summed E-state index contributed by atoms with van der Waals surface area (Å²) in [5.74, 6) is 0.819. The van der Waals surface area contributed by atoms with Gasteiger partial charge in [0.1, 0.15) is 5.75 Å². The van der Waals surface area contributed by atoms with E-state index in [1.165, 1.54) is 0 Å². The van der Waals surface area contributed by atoms with Gasteiger partial charge in [-0.05, 0) is 84.0 Å². The third kappa shape index (κ3) is 4.00. The highest BCUT2D eigenvalue weighted by Gasteiger charge is 2.13. The number of nitrogens with zero attached hydrogens (tertiary/aromatic N) is 2. The minimum atomic E-state index is 0.819. The van der Waals surface area contributed by atoms with Crippen LogP contribution in [-0.4, -0.2) is 27.0 Å². The Morgan fingerprint density at radius 2 is 1.08 bits per heavy atom. The molecule has 2 N–H and O–H groups in total. The molecule has 5 nitrogen and oxygen atoms in total. The van der Waals surface area contributed by atoms with E-state index in [9.17, 15) is 0 Å². The van der Waals surface area contributed by atoms with Crippen LogP contribution in [0.2, 0.25) is 0 Å². The van der Waals surface area contributed by atoms with Gasteiger partial charge in [-0.25, -0.2) is 9.97 Å². The van der Waals surface area contributed by atoms with E-state index < -0.39 is 0 Å². The molecule has 0 atom stereocenters. The Kier molecular flexibility index (Phi) is 5.26. The van der Waals surface area contributed by atoms with Gasteiger partial charge in [-0.2, -0.15) is 0 Å². The zero-order valence-corrected chi connectivity index (χ0v) is 20.8. The zero-order valence-electron chi connectivity index (χ0n) is 20.8. The van der Waals surface area contributed by atoms with Crippen LogP contribution >= 0.6 is 0 Å². The second-order valence-electron chi connectivity index (χ2n) is 9.30. The molecule has 3 aromatic heterocycles. The van der Waals surface area contributed by atoms with Gasteiger partial charge in [0.2, 0.25) is 0 Å². The highest BCUT2D eigenvalue weighted by molar-refractivity contribution is 5.93. The SMILES string of the molecule is COc1ccc(-c2c3nc(cc4ccc([nH]4)c(-c4ccccc4)c4nc(cc5ccc2[nH]5)C=C4)C=C3)cc1. The second-order valence-corrected chi connectivity index (χ2v) is 9.30. The maximum absolute atomic E-state index is 5.38. The van der Waals surface area contributed by atoms with Crippen molar-refractivity contribution >= 4 is 46.4 Å².